The number of pyridine rings is 1. The number of fused-ring (bicyclic) bond motifs is 2. The number of nitrogen functional groups attached to an aromatic ring is 1. The largest absolute Gasteiger partial charge is 0.396 e. The summed E-state index contributed by atoms with van der Waals surface area (Å²) in [5.74, 6) is 0.553. The Morgan fingerprint density at radius 2 is 1.88 bits per heavy atom. The lowest BCUT2D eigenvalue weighted by Gasteiger charge is -2.23. The van der Waals surface area contributed by atoms with Gasteiger partial charge in [0.2, 0.25) is 0 Å². The molecule has 0 aliphatic carbocycles. The van der Waals surface area contributed by atoms with Crippen molar-refractivity contribution in [1.82, 2.24) is 4.98 Å². The lowest BCUT2D eigenvalue weighted by atomic mass is 10.0. The summed E-state index contributed by atoms with van der Waals surface area (Å²) >= 11 is 6.62. The van der Waals surface area contributed by atoms with Crippen molar-refractivity contribution in [2.75, 3.05) is 48.3 Å². The van der Waals surface area contributed by atoms with E-state index in [-0.39, 0.29) is 24.4 Å². The van der Waals surface area contributed by atoms with Gasteiger partial charge in [-0.1, -0.05) is 36.7 Å². The third kappa shape index (κ3) is 6.62. The van der Waals surface area contributed by atoms with E-state index < -0.39 is 15.8 Å². The number of aromatic nitrogens is 1. The molecule has 3 aromatic rings. The van der Waals surface area contributed by atoms with Crippen LogP contribution in [0.25, 0.3) is 11.3 Å². The molecule has 0 saturated carbocycles. The minimum absolute atomic E-state index is 0.0500. The Morgan fingerprint density at radius 3 is 2.63 bits per heavy atom. The van der Waals surface area contributed by atoms with E-state index in [0.717, 1.165) is 30.0 Å². The average molecular weight is 628 g/mol. The van der Waals surface area contributed by atoms with E-state index in [1.165, 1.54) is 11.1 Å². The van der Waals surface area contributed by atoms with Gasteiger partial charge >= 0.3 is 0 Å². The van der Waals surface area contributed by atoms with Crippen LogP contribution < -0.4 is 16.0 Å². The Labute approximate surface area is 257 Å². The molecule has 1 aromatic heterocycles. The highest BCUT2D eigenvalue weighted by Gasteiger charge is 2.47. The van der Waals surface area contributed by atoms with E-state index in [4.69, 9.17) is 36.5 Å². The van der Waals surface area contributed by atoms with Gasteiger partial charge in [-0.15, -0.1) is 0 Å². The van der Waals surface area contributed by atoms with Gasteiger partial charge in [-0.25, -0.2) is 9.19 Å². The quantitative estimate of drug-likeness (QED) is 0.286. The minimum atomic E-state index is -2.21. The number of nitrogens with zero attached hydrogens (tertiary/aromatic N) is 3. The van der Waals surface area contributed by atoms with Gasteiger partial charge in [0, 0.05) is 52.5 Å². The molecular weight excluding hydrogens is 590 g/mol. The van der Waals surface area contributed by atoms with E-state index in [9.17, 15) is 9.32 Å². The van der Waals surface area contributed by atoms with Crippen molar-refractivity contribution >= 4 is 44.2 Å². The number of anilines is 3. The molecule has 0 bridgehead atoms. The minimum Gasteiger partial charge on any atom is -0.396 e. The maximum atomic E-state index is 12.1. The molecule has 2 aromatic carbocycles. The van der Waals surface area contributed by atoms with Crippen LogP contribution in [-0.2, 0) is 37.0 Å². The molecule has 4 N–H and O–H groups in total. The highest BCUT2D eigenvalue weighted by atomic mass is 35.5. The van der Waals surface area contributed by atoms with Crippen molar-refractivity contribution in [3.05, 3.63) is 64.7 Å². The molecule has 5 atom stereocenters. The first-order chi connectivity index (χ1) is 20.6. The summed E-state index contributed by atoms with van der Waals surface area (Å²) in [5, 5.41) is 13.8. The molecule has 2 fully saturated rings. The second-order valence-electron chi connectivity index (χ2n) is 11.7. The van der Waals surface area contributed by atoms with Crippen LogP contribution in [0.4, 0.5) is 22.9 Å². The average Bonchev–Trinajstić information content (AvgIpc) is 3.67. The Bertz CT molecular complexity index is 1600. The smallest absolute Gasteiger partial charge is 0.152 e. The summed E-state index contributed by atoms with van der Waals surface area (Å²) in [5.41, 5.74) is 12.5. The standard InChI is InChI=1S/C31H38ClN5O5S/c1-4-27(40-15-21-16-41-30-26(38)17-42-29(21)30)34-31-25(33)12-24(32)28(35-31)18-6-9-23(10-7-18)37-13-19-5-8-22(11-20(19)14-37)36-43(2,3)39/h5-12,21,26-27,29-30,38H,4,13-17,33H2,1-3H3,(H,34,35)/t21-,26-,27?,29-,30-/m1/s1. The van der Waals surface area contributed by atoms with Crippen LogP contribution in [0, 0.1) is 5.92 Å². The summed E-state index contributed by atoms with van der Waals surface area (Å²) in [4.78, 5) is 7.08. The Kier molecular flexibility index (Phi) is 8.56. The molecule has 4 heterocycles. The molecule has 43 heavy (non-hydrogen) atoms. The summed E-state index contributed by atoms with van der Waals surface area (Å²) in [6.45, 7) is 4.77. The fourth-order valence-electron chi connectivity index (χ4n) is 5.88. The van der Waals surface area contributed by atoms with Crippen molar-refractivity contribution in [1.29, 1.82) is 0 Å². The van der Waals surface area contributed by atoms with Crippen LogP contribution in [0.2, 0.25) is 5.02 Å². The second-order valence-corrected chi connectivity index (χ2v) is 14.6. The number of nitrogens with two attached hydrogens (primary N) is 1. The zero-order valence-corrected chi connectivity index (χ0v) is 26.1. The van der Waals surface area contributed by atoms with Gasteiger partial charge in [-0.2, -0.15) is 4.36 Å². The maximum Gasteiger partial charge on any atom is 0.152 e. The zero-order valence-electron chi connectivity index (χ0n) is 24.5. The van der Waals surface area contributed by atoms with E-state index in [1.54, 1.807) is 18.6 Å². The third-order valence-electron chi connectivity index (χ3n) is 8.06. The van der Waals surface area contributed by atoms with Crippen molar-refractivity contribution in [3.63, 3.8) is 0 Å². The number of hydrogen-bond acceptors (Lipinski definition) is 10. The van der Waals surface area contributed by atoms with Crippen LogP contribution in [-0.4, -0.2) is 71.2 Å². The molecule has 0 radical (unpaired) electrons. The van der Waals surface area contributed by atoms with Gasteiger partial charge < -0.3 is 35.3 Å². The normalized spacial score (nSPS) is 23.7. The summed E-state index contributed by atoms with van der Waals surface area (Å²) in [7, 11) is -2.21. The summed E-state index contributed by atoms with van der Waals surface area (Å²) in [6.07, 6.45) is 2.62. The Balaban J connectivity index is 1.13. The number of hydrogen-bond donors (Lipinski definition) is 3. The van der Waals surface area contributed by atoms with Crippen molar-refractivity contribution < 1.29 is 23.5 Å². The lowest BCUT2D eigenvalue weighted by molar-refractivity contribution is -0.00811. The number of nitrogens with one attached hydrogen (secondary N) is 1. The molecule has 12 heteroatoms. The number of aliphatic hydroxyl groups is 1. The molecule has 3 aliphatic heterocycles. The number of benzene rings is 2. The highest BCUT2D eigenvalue weighted by Crippen LogP contribution is 2.36. The van der Waals surface area contributed by atoms with Crippen molar-refractivity contribution in [2.45, 2.75) is 51.0 Å². The molecule has 10 nitrogen and oxygen atoms in total. The second kappa shape index (κ2) is 12.2. The molecule has 0 spiro atoms. The molecule has 3 aliphatic rings. The Hall–Kier alpha value is -2.93. The van der Waals surface area contributed by atoms with E-state index in [1.807, 2.05) is 31.2 Å². The topological polar surface area (TPSA) is 132 Å². The number of aliphatic hydroxyl groups excluding tert-OH is 1. The first-order valence-corrected chi connectivity index (χ1v) is 17.2. The fourth-order valence-corrected chi connectivity index (χ4v) is 6.77. The number of rotatable bonds is 9. The zero-order chi connectivity index (χ0) is 30.3. The molecule has 2 saturated heterocycles. The third-order valence-corrected chi connectivity index (χ3v) is 9.00. The van der Waals surface area contributed by atoms with E-state index in [0.29, 0.717) is 48.5 Å². The lowest BCUT2D eigenvalue weighted by Crippen LogP contribution is -2.33. The summed E-state index contributed by atoms with van der Waals surface area (Å²) in [6, 6.07) is 15.9. The van der Waals surface area contributed by atoms with Crippen LogP contribution >= 0.6 is 11.6 Å². The molecule has 230 valence electrons. The molecule has 1 unspecified atom stereocenters. The van der Waals surface area contributed by atoms with Crippen LogP contribution in [0.3, 0.4) is 0 Å². The van der Waals surface area contributed by atoms with Crippen molar-refractivity contribution in [3.8, 4) is 11.3 Å². The van der Waals surface area contributed by atoms with Gasteiger partial charge in [0.15, 0.2) is 5.82 Å². The van der Waals surface area contributed by atoms with Crippen LogP contribution in [0.5, 0.6) is 0 Å². The van der Waals surface area contributed by atoms with E-state index >= 15 is 0 Å². The van der Waals surface area contributed by atoms with Crippen molar-refractivity contribution in [2.24, 2.45) is 10.3 Å². The predicted molar refractivity (Wildman–Crippen MR) is 170 cm³/mol. The van der Waals surface area contributed by atoms with Gasteiger partial charge in [0.1, 0.15) is 18.4 Å². The highest BCUT2D eigenvalue weighted by molar-refractivity contribution is 7.92. The molecule has 0 amide bonds. The fraction of sp³-hybridized carbons (Fsp3) is 0.452. The van der Waals surface area contributed by atoms with Crippen LogP contribution in [0.1, 0.15) is 24.5 Å². The van der Waals surface area contributed by atoms with Crippen LogP contribution in [0.15, 0.2) is 52.9 Å². The van der Waals surface area contributed by atoms with E-state index in [2.05, 4.69) is 32.8 Å². The van der Waals surface area contributed by atoms with Gasteiger partial charge in [-0.3, -0.25) is 0 Å². The monoisotopic (exact) mass is 627 g/mol. The summed E-state index contributed by atoms with van der Waals surface area (Å²) < 4.78 is 34.1. The predicted octanol–water partition coefficient (Wildman–Crippen LogP) is 4.80. The molecular formula is C31H38ClN5O5S. The maximum absolute atomic E-state index is 12.1. The van der Waals surface area contributed by atoms with Gasteiger partial charge in [0.05, 0.1) is 48.0 Å². The Morgan fingerprint density at radius 1 is 1.14 bits per heavy atom. The van der Waals surface area contributed by atoms with Gasteiger partial charge in [0.25, 0.3) is 0 Å². The first-order valence-electron chi connectivity index (χ1n) is 14.5. The molecule has 6 rings (SSSR count). The van der Waals surface area contributed by atoms with Gasteiger partial charge in [-0.05, 0) is 47.9 Å². The number of halogens is 1. The first kappa shape index (κ1) is 30.1. The SMILES string of the molecule is CCC(Nc1nc(-c2ccc(N3Cc4ccc(N=S(C)(C)=O)cc4C3)cc2)c(Cl)cc1N)OC[C@@H]1CO[C@H]2[C@@H]1OC[C@H]2O. The number of ether oxygens (including phenoxy) is 3.